The van der Waals surface area contributed by atoms with E-state index in [1.165, 1.54) is 5.56 Å². The van der Waals surface area contributed by atoms with Crippen LogP contribution in [0.4, 0.5) is 11.4 Å². The molecule has 1 aliphatic rings. The molecule has 0 atom stereocenters. The molecule has 4 nitrogen and oxygen atoms in total. The van der Waals surface area contributed by atoms with Crippen LogP contribution in [-0.2, 0) is 0 Å². The summed E-state index contributed by atoms with van der Waals surface area (Å²) < 4.78 is 0. The Labute approximate surface area is 153 Å². The van der Waals surface area contributed by atoms with Gasteiger partial charge in [0.25, 0.3) is 0 Å². The van der Waals surface area contributed by atoms with Crippen LogP contribution in [0.3, 0.4) is 0 Å². The predicted octanol–water partition coefficient (Wildman–Crippen LogP) is 4.54. The van der Waals surface area contributed by atoms with E-state index < -0.39 is 5.54 Å². The largest absolute Gasteiger partial charge is 0.305 e. The summed E-state index contributed by atoms with van der Waals surface area (Å²) in [5.74, 6) is 0.419. The van der Waals surface area contributed by atoms with Gasteiger partial charge in [0, 0.05) is 11.4 Å². The molecule has 3 rings (SSSR count). The predicted molar refractivity (Wildman–Crippen MR) is 106 cm³/mol. The number of anilines is 2. The molecule has 1 fully saturated rings. The van der Waals surface area contributed by atoms with Crippen molar-refractivity contribution in [3.05, 3.63) is 59.2 Å². The molecule has 126 valence electrons. The molecule has 0 amide bonds. The number of amidine groups is 1. The maximum Gasteiger partial charge on any atom is 0.187 e. The zero-order valence-electron chi connectivity index (χ0n) is 14.8. The van der Waals surface area contributed by atoms with Crippen LogP contribution in [0, 0.1) is 30.6 Å². The highest BCUT2D eigenvalue weighted by atomic mass is 32.1. The Kier molecular flexibility index (Phi) is 4.09. The lowest BCUT2D eigenvalue weighted by Gasteiger charge is -2.30. The van der Waals surface area contributed by atoms with E-state index in [2.05, 4.69) is 6.07 Å². The topological polar surface area (TPSA) is 54.1 Å². The molecular formula is C20H20N4S. The highest BCUT2D eigenvalue weighted by molar-refractivity contribution is 7.81. The summed E-state index contributed by atoms with van der Waals surface area (Å²) >= 11 is 5.74. The van der Waals surface area contributed by atoms with Gasteiger partial charge in [0.15, 0.2) is 5.11 Å². The lowest BCUT2D eigenvalue weighted by molar-refractivity contribution is 0.699. The molecule has 2 aromatic rings. The van der Waals surface area contributed by atoms with Crippen molar-refractivity contribution in [2.45, 2.75) is 33.2 Å². The van der Waals surface area contributed by atoms with Crippen LogP contribution in [0.15, 0.2) is 42.5 Å². The van der Waals surface area contributed by atoms with Gasteiger partial charge in [-0.1, -0.05) is 17.7 Å². The van der Waals surface area contributed by atoms with Crippen LogP contribution in [0.1, 0.15) is 30.5 Å². The van der Waals surface area contributed by atoms with E-state index in [1.807, 2.05) is 69.0 Å². The van der Waals surface area contributed by atoms with Crippen LogP contribution >= 0.6 is 12.2 Å². The molecule has 1 N–H and O–H groups in total. The number of nitrogens with one attached hydrogen (secondary N) is 1. The third-order valence-corrected chi connectivity index (χ3v) is 4.99. The zero-order chi connectivity index (χ0) is 18.4. The van der Waals surface area contributed by atoms with E-state index in [-0.39, 0.29) is 0 Å². The number of hydrogen-bond donors (Lipinski definition) is 1. The Morgan fingerprint density at radius 2 is 1.64 bits per heavy atom. The molecule has 0 unspecified atom stereocenters. The first-order chi connectivity index (χ1) is 11.8. The molecule has 25 heavy (non-hydrogen) atoms. The SMILES string of the molecule is Cc1ccc(N2C(=S)N(c3ccc(C#N)c(C)c3)C(=N)C2(C)C)cc1. The number of aryl methyl sites for hydroxylation is 2. The van der Waals surface area contributed by atoms with Crippen LogP contribution in [0.5, 0.6) is 0 Å². The Hall–Kier alpha value is -2.71. The molecule has 1 saturated heterocycles. The van der Waals surface area contributed by atoms with Gasteiger partial charge in [0.2, 0.25) is 0 Å². The molecule has 0 radical (unpaired) electrons. The third kappa shape index (κ3) is 2.69. The van der Waals surface area contributed by atoms with Crippen molar-refractivity contribution in [1.82, 2.24) is 0 Å². The maximum atomic E-state index is 9.13. The summed E-state index contributed by atoms with van der Waals surface area (Å²) in [5, 5.41) is 18.4. The van der Waals surface area contributed by atoms with E-state index in [9.17, 15) is 0 Å². The number of thiocarbonyl (C=S) groups is 1. The second kappa shape index (κ2) is 5.98. The Morgan fingerprint density at radius 1 is 1.04 bits per heavy atom. The van der Waals surface area contributed by atoms with Gasteiger partial charge in [-0.05, 0) is 75.8 Å². The average Bonchev–Trinajstić information content (AvgIpc) is 2.74. The monoisotopic (exact) mass is 348 g/mol. The lowest BCUT2D eigenvalue weighted by atomic mass is 10.0. The van der Waals surface area contributed by atoms with E-state index >= 15 is 0 Å². The molecule has 1 aliphatic heterocycles. The number of benzene rings is 2. The Balaban J connectivity index is 2.07. The summed E-state index contributed by atoms with van der Waals surface area (Å²) in [5.41, 5.74) is 3.92. The third-order valence-electron chi connectivity index (χ3n) is 4.63. The summed E-state index contributed by atoms with van der Waals surface area (Å²) in [6, 6.07) is 15.9. The first-order valence-electron chi connectivity index (χ1n) is 8.08. The molecule has 0 aromatic heterocycles. The maximum absolute atomic E-state index is 9.13. The van der Waals surface area contributed by atoms with Crippen LogP contribution in [0.2, 0.25) is 0 Å². The number of nitriles is 1. The quantitative estimate of drug-likeness (QED) is 0.810. The van der Waals surface area contributed by atoms with Crippen molar-refractivity contribution in [2.24, 2.45) is 0 Å². The second-order valence-corrected chi connectivity index (χ2v) is 7.17. The summed E-state index contributed by atoms with van der Waals surface area (Å²) in [6.45, 7) is 7.94. The van der Waals surface area contributed by atoms with Gasteiger partial charge >= 0.3 is 0 Å². The van der Waals surface area contributed by atoms with Gasteiger partial charge in [-0.25, -0.2) is 0 Å². The van der Waals surface area contributed by atoms with E-state index in [0.717, 1.165) is 16.9 Å². The zero-order valence-corrected chi connectivity index (χ0v) is 15.6. The molecule has 1 heterocycles. The molecule has 2 aromatic carbocycles. The molecule has 5 heteroatoms. The van der Waals surface area contributed by atoms with E-state index in [0.29, 0.717) is 16.5 Å². The van der Waals surface area contributed by atoms with Gasteiger partial charge in [-0.3, -0.25) is 10.3 Å². The van der Waals surface area contributed by atoms with Crippen LogP contribution < -0.4 is 9.80 Å². The first kappa shape index (κ1) is 17.1. The summed E-state index contributed by atoms with van der Waals surface area (Å²) in [4.78, 5) is 3.79. The summed E-state index contributed by atoms with van der Waals surface area (Å²) in [6.07, 6.45) is 0. The first-order valence-corrected chi connectivity index (χ1v) is 8.49. The van der Waals surface area contributed by atoms with E-state index in [4.69, 9.17) is 22.9 Å². The average molecular weight is 348 g/mol. The van der Waals surface area contributed by atoms with Gasteiger partial charge < -0.3 is 4.90 Å². The van der Waals surface area contributed by atoms with Crippen molar-refractivity contribution in [3.63, 3.8) is 0 Å². The van der Waals surface area contributed by atoms with Gasteiger partial charge in [0.05, 0.1) is 17.2 Å². The minimum atomic E-state index is -0.561. The molecule has 0 spiro atoms. The fraction of sp³-hybridized carbons (Fsp3) is 0.250. The number of hydrogen-bond acceptors (Lipinski definition) is 3. The second-order valence-electron chi connectivity index (χ2n) is 6.81. The van der Waals surface area contributed by atoms with Crippen molar-refractivity contribution >= 4 is 34.5 Å². The van der Waals surface area contributed by atoms with Crippen LogP contribution in [0.25, 0.3) is 0 Å². The van der Waals surface area contributed by atoms with Crippen LogP contribution in [-0.4, -0.2) is 16.5 Å². The minimum absolute atomic E-state index is 0.419. The normalized spacial score (nSPS) is 16.3. The molecular weight excluding hydrogens is 328 g/mol. The Morgan fingerprint density at radius 3 is 2.20 bits per heavy atom. The highest BCUT2D eigenvalue weighted by Gasteiger charge is 2.47. The van der Waals surface area contributed by atoms with Gasteiger partial charge in [0.1, 0.15) is 5.84 Å². The number of rotatable bonds is 2. The Bertz CT molecular complexity index is 906. The highest BCUT2D eigenvalue weighted by Crippen LogP contribution is 2.36. The fourth-order valence-corrected chi connectivity index (χ4v) is 3.62. The van der Waals surface area contributed by atoms with Gasteiger partial charge in [-0.2, -0.15) is 5.26 Å². The molecule has 0 bridgehead atoms. The minimum Gasteiger partial charge on any atom is -0.305 e. The van der Waals surface area contributed by atoms with Gasteiger partial charge in [-0.15, -0.1) is 0 Å². The molecule has 0 aliphatic carbocycles. The lowest BCUT2D eigenvalue weighted by Crippen LogP contribution is -2.44. The fourth-order valence-electron chi connectivity index (χ4n) is 3.09. The van der Waals surface area contributed by atoms with Crippen molar-refractivity contribution in [2.75, 3.05) is 9.80 Å². The smallest absolute Gasteiger partial charge is 0.187 e. The summed E-state index contributed by atoms with van der Waals surface area (Å²) in [7, 11) is 0. The number of nitrogens with zero attached hydrogens (tertiary/aromatic N) is 3. The molecule has 0 saturated carbocycles. The standard InChI is InChI=1S/C20H20N4S/c1-13-5-8-16(9-6-13)24-19(25)23(18(22)20(24,3)4)17-10-7-15(12-21)14(2)11-17/h5-11,22H,1-4H3. The van der Waals surface area contributed by atoms with Crippen molar-refractivity contribution < 1.29 is 0 Å². The van der Waals surface area contributed by atoms with Crippen molar-refractivity contribution in [3.8, 4) is 6.07 Å². The van der Waals surface area contributed by atoms with E-state index in [1.54, 1.807) is 11.0 Å². The van der Waals surface area contributed by atoms with Crippen molar-refractivity contribution in [1.29, 1.82) is 10.7 Å².